The molecule has 4 nitrogen and oxygen atoms in total. The molecule has 1 aliphatic rings. The standard InChI is InChI=1S/C16H23NO3/c1-3-4-12-5-8-15(16(9-12)19-2)20-11-14(18)10-17-13-6-7-13/h3-5,8-9,13-14,17-18H,6-7,10-11H2,1-2H3/b4-3+. The molecule has 4 heteroatoms. The Morgan fingerprint density at radius 2 is 2.20 bits per heavy atom. The molecular formula is C16H23NO3. The first-order valence-corrected chi connectivity index (χ1v) is 7.08. The molecule has 0 aliphatic heterocycles. The van der Waals surface area contributed by atoms with Gasteiger partial charge in [-0.1, -0.05) is 18.2 Å². The summed E-state index contributed by atoms with van der Waals surface area (Å²) in [5.74, 6) is 1.34. The average molecular weight is 277 g/mol. The van der Waals surface area contributed by atoms with Crippen LogP contribution in [0.1, 0.15) is 25.3 Å². The van der Waals surface area contributed by atoms with Crippen molar-refractivity contribution in [2.24, 2.45) is 0 Å². The minimum atomic E-state index is -0.504. The Morgan fingerprint density at radius 1 is 1.40 bits per heavy atom. The van der Waals surface area contributed by atoms with E-state index in [0.717, 1.165) is 5.56 Å². The summed E-state index contributed by atoms with van der Waals surface area (Å²) in [6.07, 6.45) is 5.90. The molecule has 1 aromatic rings. The van der Waals surface area contributed by atoms with Crippen LogP contribution in [0.25, 0.3) is 6.08 Å². The highest BCUT2D eigenvalue weighted by atomic mass is 16.5. The van der Waals surface area contributed by atoms with Crippen LogP contribution in [-0.4, -0.2) is 37.5 Å². The molecular weight excluding hydrogens is 254 g/mol. The molecule has 0 saturated heterocycles. The van der Waals surface area contributed by atoms with E-state index in [1.165, 1.54) is 12.8 Å². The van der Waals surface area contributed by atoms with Gasteiger partial charge in [0, 0.05) is 12.6 Å². The fraction of sp³-hybridized carbons (Fsp3) is 0.500. The van der Waals surface area contributed by atoms with Crippen molar-refractivity contribution >= 4 is 6.08 Å². The smallest absolute Gasteiger partial charge is 0.161 e. The van der Waals surface area contributed by atoms with E-state index in [-0.39, 0.29) is 6.61 Å². The van der Waals surface area contributed by atoms with Crippen LogP contribution in [-0.2, 0) is 0 Å². The molecule has 1 unspecified atom stereocenters. The lowest BCUT2D eigenvalue weighted by molar-refractivity contribution is 0.104. The monoisotopic (exact) mass is 277 g/mol. The van der Waals surface area contributed by atoms with Gasteiger partial charge in [0.25, 0.3) is 0 Å². The zero-order chi connectivity index (χ0) is 14.4. The summed E-state index contributed by atoms with van der Waals surface area (Å²) in [6.45, 7) is 2.81. The van der Waals surface area contributed by atoms with Gasteiger partial charge in [0.1, 0.15) is 12.7 Å². The summed E-state index contributed by atoms with van der Waals surface area (Å²) in [4.78, 5) is 0. The molecule has 1 aliphatic carbocycles. The number of aliphatic hydroxyl groups is 1. The predicted octanol–water partition coefficient (Wildman–Crippen LogP) is 2.22. The number of rotatable bonds is 8. The third-order valence-corrected chi connectivity index (χ3v) is 3.20. The second-order valence-corrected chi connectivity index (χ2v) is 5.06. The molecule has 1 fully saturated rings. The van der Waals surface area contributed by atoms with Crippen LogP contribution in [0.5, 0.6) is 11.5 Å². The molecule has 110 valence electrons. The van der Waals surface area contributed by atoms with E-state index in [9.17, 15) is 5.11 Å². The molecule has 1 atom stereocenters. The van der Waals surface area contributed by atoms with E-state index >= 15 is 0 Å². The molecule has 2 N–H and O–H groups in total. The summed E-state index contributed by atoms with van der Waals surface area (Å²) in [7, 11) is 1.62. The molecule has 0 radical (unpaired) electrons. The molecule has 0 aromatic heterocycles. The highest BCUT2D eigenvalue weighted by Crippen LogP contribution is 2.28. The Morgan fingerprint density at radius 3 is 2.85 bits per heavy atom. The van der Waals surface area contributed by atoms with Crippen LogP contribution in [0, 0.1) is 0 Å². The molecule has 2 rings (SSSR count). The Hall–Kier alpha value is -1.52. The topological polar surface area (TPSA) is 50.7 Å². The maximum atomic E-state index is 9.85. The molecule has 0 amide bonds. The first-order valence-electron chi connectivity index (χ1n) is 7.08. The van der Waals surface area contributed by atoms with Crippen LogP contribution in [0.3, 0.4) is 0 Å². The Labute approximate surface area is 120 Å². The van der Waals surface area contributed by atoms with E-state index < -0.39 is 6.10 Å². The summed E-state index contributed by atoms with van der Waals surface area (Å²) >= 11 is 0. The van der Waals surface area contributed by atoms with Gasteiger partial charge >= 0.3 is 0 Å². The lowest BCUT2D eigenvalue weighted by Gasteiger charge is -2.15. The fourth-order valence-electron chi connectivity index (χ4n) is 1.93. The molecule has 0 spiro atoms. The molecule has 0 heterocycles. The Bertz CT molecular complexity index is 455. The molecule has 0 bridgehead atoms. The van der Waals surface area contributed by atoms with E-state index in [4.69, 9.17) is 9.47 Å². The molecule has 20 heavy (non-hydrogen) atoms. The summed E-state index contributed by atoms with van der Waals surface area (Å²) < 4.78 is 11.0. The van der Waals surface area contributed by atoms with Gasteiger partial charge in [0.2, 0.25) is 0 Å². The second kappa shape index (κ2) is 7.31. The van der Waals surface area contributed by atoms with Gasteiger partial charge in [-0.25, -0.2) is 0 Å². The van der Waals surface area contributed by atoms with Crippen molar-refractivity contribution in [3.63, 3.8) is 0 Å². The zero-order valence-corrected chi connectivity index (χ0v) is 12.1. The van der Waals surface area contributed by atoms with Crippen molar-refractivity contribution in [3.8, 4) is 11.5 Å². The van der Waals surface area contributed by atoms with Crippen molar-refractivity contribution < 1.29 is 14.6 Å². The lowest BCUT2D eigenvalue weighted by atomic mass is 10.2. The van der Waals surface area contributed by atoms with Gasteiger partial charge < -0.3 is 19.9 Å². The number of methoxy groups -OCH3 is 1. The average Bonchev–Trinajstić information content (AvgIpc) is 3.28. The van der Waals surface area contributed by atoms with Crippen LogP contribution in [0.2, 0.25) is 0 Å². The van der Waals surface area contributed by atoms with Crippen molar-refractivity contribution in [3.05, 3.63) is 29.8 Å². The third kappa shape index (κ3) is 4.54. The summed E-state index contributed by atoms with van der Waals surface area (Å²) in [5, 5.41) is 13.1. The number of hydrogen-bond donors (Lipinski definition) is 2. The minimum Gasteiger partial charge on any atom is -0.493 e. The van der Waals surface area contributed by atoms with Crippen molar-refractivity contribution in [2.75, 3.05) is 20.3 Å². The van der Waals surface area contributed by atoms with Gasteiger partial charge in [-0.2, -0.15) is 0 Å². The normalized spacial score (nSPS) is 16.4. The quantitative estimate of drug-likeness (QED) is 0.765. The number of benzene rings is 1. The zero-order valence-electron chi connectivity index (χ0n) is 12.1. The molecule has 1 aromatic carbocycles. The van der Waals surface area contributed by atoms with Crippen molar-refractivity contribution in [1.29, 1.82) is 0 Å². The fourth-order valence-corrected chi connectivity index (χ4v) is 1.93. The highest BCUT2D eigenvalue weighted by molar-refractivity contribution is 5.55. The van der Waals surface area contributed by atoms with Gasteiger partial charge in [0.05, 0.1) is 7.11 Å². The van der Waals surface area contributed by atoms with Gasteiger partial charge in [-0.05, 0) is 37.5 Å². The van der Waals surface area contributed by atoms with E-state index in [1.54, 1.807) is 7.11 Å². The SMILES string of the molecule is C/C=C/c1ccc(OCC(O)CNC2CC2)c(OC)c1. The van der Waals surface area contributed by atoms with Crippen molar-refractivity contribution in [1.82, 2.24) is 5.32 Å². The second-order valence-electron chi connectivity index (χ2n) is 5.06. The van der Waals surface area contributed by atoms with E-state index in [0.29, 0.717) is 24.1 Å². The number of ether oxygens (including phenoxy) is 2. The summed E-state index contributed by atoms with van der Waals surface area (Å²) in [6, 6.07) is 6.35. The van der Waals surface area contributed by atoms with E-state index in [2.05, 4.69) is 5.32 Å². The number of allylic oxidation sites excluding steroid dienone is 1. The van der Waals surface area contributed by atoms with Crippen LogP contribution in [0.4, 0.5) is 0 Å². The Balaban J connectivity index is 1.87. The molecule has 1 saturated carbocycles. The number of aliphatic hydroxyl groups excluding tert-OH is 1. The first-order chi connectivity index (χ1) is 9.72. The van der Waals surface area contributed by atoms with Crippen LogP contribution >= 0.6 is 0 Å². The lowest BCUT2D eigenvalue weighted by Crippen LogP contribution is -2.32. The van der Waals surface area contributed by atoms with Crippen LogP contribution in [0.15, 0.2) is 24.3 Å². The first kappa shape index (κ1) is 14.9. The maximum Gasteiger partial charge on any atom is 0.161 e. The summed E-state index contributed by atoms with van der Waals surface area (Å²) in [5.41, 5.74) is 1.06. The highest BCUT2D eigenvalue weighted by Gasteiger charge is 2.21. The van der Waals surface area contributed by atoms with Gasteiger partial charge in [-0.15, -0.1) is 0 Å². The minimum absolute atomic E-state index is 0.263. The van der Waals surface area contributed by atoms with Gasteiger partial charge in [0.15, 0.2) is 11.5 Å². The largest absolute Gasteiger partial charge is 0.493 e. The number of nitrogens with one attached hydrogen (secondary N) is 1. The van der Waals surface area contributed by atoms with Crippen LogP contribution < -0.4 is 14.8 Å². The van der Waals surface area contributed by atoms with Gasteiger partial charge in [-0.3, -0.25) is 0 Å². The predicted molar refractivity (Wildman–Crippen MR) is 80.2 cm³/mol. The number of hydrogen-bond acceptors (Lipinski definition) is 4. The maximum absolute atomic E-state index is 9.85. The van der Waals surface area contributed by atoms with Crippen molar-refractivity contribution in [2.45, 2.75) is 31.9 Å². The Kier molecular flexibility index (Phi) is 5.44. The van der Waals surface area contributed by atoms with E-state index in [1.807, 2.05) is 37.3 Å². The third-order valence-electron chi connectivity index (χ3n) is 3.20.